The van der Waals surface area contributed by atoms with Gasteiger partial charge in [0.2, 0.25) is 0 Å². The van der Waals surface area contributed by atoms with E-state index in [2.05, 4.69) is 27.0 Å². The molecule has 0 fully saturated rings. The highest BCUT2D eigenvalue weighted by Gasteiger charge is 2.09. The lowest BCUT2D eigenvalue weighted by atomic mass is 10.2. The molecule has 0 N–H and O–H groups in total. The molecule has 0 spiro atoms. The van der Waals surface area contributed by atoms with Gasteiger partial charge in [0.25, 0.3) is 0 Å². The minimum Gasteiger partial charge on any atom is -0.361 e. The standard InChI is InChI=1S/C9H10N4OS/c1-6-8(7(2)14-11-6)5-13-4-3-9(10-13)12-15/h3-4H,5H2,1-2H3. The lowest BCUT2D eigenvalue weighted by Gasteiger charge is -1.99. The first-order valence-electron chi connectivity index (χ1n) is 4.49. The molecule has 0 radical (unpaired) electrons. The van der Waals surface area contributed by atoms with Gasteiger partial charge in [0, 0.05) is 30.3 Å². The van der Waals surface area contributed by atoms with Gasteiger partial charge in [-0.3, -0.25) is 4.68 Å². The summed E-state index contributed by atoms with van der Waals surface area (Å²) in [6.45, 7) is 4.43. The van der Waals surface area contributed by atoms with Crippen molar-refractivity contribution < 1.29 is 4.52 Å². The molecule has 0 saturated heterocycles. The number of hydrogen-bond acceptors (Lipinski definition) is 5. The van der Waals surface area contributed by atoms with E-state index < -0.39 is 0 Å². The number of aryl methyl sites for hydroxylation is 2. The van der Waals surface area contributed by atoms with E-state index in [0.717, 1.165) is 17.0 Å². The molecular weight excluding hydrogens is 212 g/mol. The van der Waals surface area contributed by atoms with Gasteiger partial charge in [-0.25, -0.2) is 0 Å². The minimum atomic E-state index is 0.553. The van der Waals surface area contributed by atoms with E-state index in [1.807, 2.05) is 20.0 Å². The highest BCUT2D eigenvalue weighted by molar-refractivity contribution is 7.47. The molecule has 0 aliphatic rings. The predicted molar refractivity (Wildman–Crippen MR) is 56.8 cm³/mol. The zero-order valence-electron chi connectivity index (χ0n) is 8.47. The van der Waals surface area contributed by atoms with Crippen LogP contribution in [0.2, 0.25) is 0 Å². The second-order valence-corrected chi connectivity index (χ2v) is 3.45. The van der Waals surface area contributed by atoms with Crippen LogP contribution in [0.1, 0.15) is 17.0 Å². The van der Waals surface area contributed by atoms with Gasteiger partial charge in [0.15, 0.2) is 5.82 Å². The lowest BCUT2D eigenvalue weighted by molar-refractivity contribution is 0.391. The summed E-state index contributed by atoms with van der Waals surface area (Å²) in [5, 5.41) is 8.04. The van der Waals surface area contributed by atoms with Crippen LogP contribution in [0.15, 0.2) is 21.1 Å². The summed E-state index contributed by atoms with van der Waals surface area (Å²) in [4.78, 5) is 0. The van der Waals surface area contributed by atoms with Crippen molar-refractivity contribution in [3.63, 3.8) is 0 Å². The van der Waals surface area contributed by atoms with Crippen LogP contribution >= 0.6 is 0 Å². The van der Waals surface area contributed by atoms with Gasteiger partial charge in [-0.05, 0) is 13.8 Å². The largest absolute Gasteiger partial charge is 0.361 e. The molecule has 0 saturated carbocycles. The van der Waals surface area contributed by atoms with E-state index in [1.54, 1.807) is 10.7 Å². The topological polar surface area (TPSA) is 56.2 Å². The quantitative estimate of drug-likeness (QED) is 0.795. The Morgan fingerprint density at radius 3 is 2.87 bits per heavy atom. The molecule has 2 aromatic heterocycles. The van der Waals surface area contributed by atoms with Crippen LogP contribution in [-0.4, -0.2) is 14.9 Å². The molecule has 15 heavy (non-hydrogen) atoms. The second-order valence-electron chi connectivity index (χ2n) is 3.27. The Labute approximate surface area is 92.2 Å². The number of nitrogens with zero attached hydrogens (tertiary/aromatic N) is 4. The average molecular weight is 222 g/mol. The predicted octanol–water partition coefficient (Wildman–Crippen LogP) is 1.90. The van der Waals surface area contributed by atoms with Crippen LogP contribution in [0.3, 0.4) is 0 Å². The Hall–Kier alpha value is -1.56. The van der Waals surface area contributed by atoms with E-state index in [9.17, 15) is 0 Å². The fourth-order valence-corrected chi connectivity index (χ4v) is 1.47. The van der Waals surface area contributed by atoms with Gasteiger partial charge in [0.1, 0.15) is 5.76 Å². The highest BCUT2D eigenvalue weighted by Crippen LogP contribution is 2.14. The first kappa shape index (κ1) is 9.97. The van der Waals surface area contributed by atoms with Crippen molar-refractivity contribution in [2.45, 2.75) is 20.4 Å². The van der Waals surface area contributed by atoms with Crippen molar-refractivity contribution in [2.24, 2.45) is 4.36 Å². The summed E-state index contributed by atoms with van der Waals surface area (Å²) in [6, 6.07) is 1.77. The summed E-state index contributed by atoms with van der Waals surface area (Å²) >= 11 is 4.55. The van der Waals surface area contributed by atoms with E-state index in [1.165, 1.54) is 0 Å². The number of rotatable bonds is 3. The van der Waals surface area contributed by atoms with Crippen molar-refractivity contribution in [3.05, 3.63) is 29.3 Å². The number of hydrogen-bond donors (Lipinski definition) is 0. The molecule has 78 valence electrons. The summed E-state index contributed by atoms with van der Waals surface area (Å²) < 4.78 is 10.4. The van der Waals surface area contributed by atoms with Crippen molar-refractivity contribution in [2.75, 3.05) is 0 Å². The molecule has 2 rings (SSSR count). The average Bonchev–Trinajstić information content (AvgIpc) is 2.80. The lowest BCUT2D eigenvalue weighted by Crippen LogP contribution is -2.01. The molecule has 2 aromatic rings. The molecule has 0 amide bonds. The van der Waals surface area contributed by atoms with Gasteiger partial charge >= 0.3 is 0 Å². The van der Waals surface area contributed by atoms with Crippen molar-refractivity contribution >= 4 is 18.2 Å². The molecule has 0 bridgehead atoms. The van der Waals surface area contributed by atoms with E-state index in [4.69, 9.17) is 4.52 Å². The molecule has 0 unspecified atom stereocenters. The fraction of sp³-hybridized carbons (Fsp3) is 0.333. The highest BCUT2D eigenvalue weighted by atomic mass is 32.1. The van der Waals surface area contributed by atoms with E-state index >= 15 is 0 Å². The Kier molecular flexibility index (Phi) is 2.59. The molecular formula is C9H10N4OS. The smallest absolute Gasteiger partial charge is 0.187 e. The third kappa shape index (κ3) is 1.94. The summed E-state index contributed by atoms with van der Waals surface area (Å²) in [5.41, 5.74) is 1.94. The molecule has 0 aliphatic heterocycles. The summed E-state index contributed by atoms with van der Waals surface area (Å²) in [5.74, 6) is 1.37. The fourth-order valence-electron chi connectivity index (χ4n) is 1.38. The first-order chi connectivity index (χ1) is 7.20. The van der Waals surface area contributed by atoms with E-state index in [-0.39, 0.29) is 0 Å². The Morgan fingerprint density at radius 1 is 1.53 bits per heavy atom. The van der Waals surface area contributed by atoms with Crippen molar-refractivity contribution in [1.29, 1.82) is 0 Å². The maximum atomic E-state index is 5.07. The van der Waals surface area contributed by atoms with Crippen molar-refractivity contribution in [3.8, 4) is 0 Å². The third-order valence-electron chi connectivity index (χ3n) is 2.22. The molecule has 0 atom stereocenters. The van der Waals surface area contributed by atoms with Gasteiger partial charge < -0.3 is 4.52 Å². The van der Waals surface area contributed by atoms with Crippen LogP contribution < -0.4 is 0 Å². The Bertz CT molecular complexity index is 469. The first-order valence-corrected chi connectivity index (χ1v) is 4.86. The molecule has 2 heterocycles. The maximum absolute atomic E-state index is 5.07. The molecule has 6 heteroatoms. The minimum absolute atomic E-state index is 0.553. The summed E-state index contributed by atoms with van der Waals surface area (Å²) in [6.07, 6.45) is 1.83. The Balaban J connectivity index is 2.25. The number of aromatic nitrogens is 3. The van der Waals surface area contributed by atoms with Crippen LogP contribution in [0.5, 0.6) is 0 Å². The monoisotopic (exact) mass is 222 g/mol. The molecule has 5 nitrogen and oxygen atoms in total. The van der Waals surface area contributed by atoms with Crippen molar-refractivity contribution in [1.82, 2.24) is 14.9 Å². The van der Waals surface area contributed by atoms with Crippen LogP contribution in [0.25, 0.3) is 0 Å². The van der Waals surface area contributed by atoms with Crippen LogP contribution in [0.4, 0.5) is 5.82 Å². The zero-order chi connectivity index (χ0) is 10.8. The van der Waals surface area contributed by atoms with Gasteiger partial charge in [-0.2, -0.15) is 9.46 Å². The second kappa shape index (κ2) is 3.90. The maximum Gasteiger partial charge on any atom is 0.187 e. The molecule has 0 aromatic carbocycles. The molecule has 0 aliphatic carbocycles. The SMILES string of the molecule is Cc1noc(C)c1Cn1ccc(N=S)n1. The summed E-state index contributed by atoms with van der Waals surface area (Å²) in [7, 11) is 0. The Morgan fingerprint density at radius 2 is 2.33 bits per heavy atom. The van der Waals surface area contributed by atoms with Gasteiger partial charge in [-0.1, -0.05) is 5.16 Å². The van der Waals surface area contributed by atoms with Gasteiger partial charge in [0.05, 0.1) is 12.2 Å². The van der Waals surface area contributed by atoms with Gasteiger partial charge in [-0.15, -0.1) is 0 Å². The van der Waals surface area contributed by atoms with E-state index in [0.29, 0.717) is 12.4 Å². The van der Waals surface area contributed by atoms with Crippen LogP contribution in [0, 0.1) is 13.8 Å². The van der Waals surface area contributed by atoms with Crippen LogP contribution in [-0.2, 0) is 19.0 Å². The normalized spacial score (nSPS) is 10.5. The third-order valence-corrected chi connectivity index (χ3v) is 2.41. The zero-order valence-corrected chi connectivity index (χ0v) is 9.28.